The van der Waals surface area contributed by atoms with E-state index in [0.717, 1.165) is 44.3 Å². The van der Waals surface area contributed by atoms with E-state index in [1.165, 1.54) is 0 Å². The van der Waals surface area contributed by atoms with Crippen LogP contribution < -0.4 is 4.74 Å². The molecule has 1 aliphatic rings. The van der Waals surface area contributed by atoms with Gasteiger partial charge in [-0.1, -0.05) is 0 Å². The van der Waals surface area contributed by atoms with E-state index in [-0.39, 0.29) is 6.09 Å². The Morgan fingerprint density at radius 1 is 1.33 bits per heavy atom. The smallest absolute Gasteiger partial charge is 0.410 e. The predicted molar refractivity (Wildman–Crippen MR) is 94.2 cm³/mol. The molecule has 0 bridgehead atoms. The maximum Gasteiger partial charge on any atom is 0.410 e. The number of pyridine rings is 1. The molecular formula is C19H30N2O3. The van der Waals surface area contributed by atoms with Crippen molar-refractivity contribution in [3.05, 3.63) is 23.9 Å². The number of nitrogens with zero attached hydrogens (tertiary/aromatic N) is 2. The molecule has 5 nitrogen and oxygen atoms in total. The highest BCUT2D eigenvalue weighted by Gasteiger charge is 2.26. The average molecular weight is 334 g/mol. The van der Waals surface area contributed by atoms with Crippen LogP contribution in [0, 0.1) is 12.8 Å². The summed E-state index contributed by atoms with van der Waals surface area (Å²) in [4.78, 5) is 18.1. The van der Waals surface area contributed by atoms with Crippen LogP contribution >= 0.6 is 0 Å². The van der Waals surface area contributed by atoms with Crippen LogP contribution in [0.5, 0.6) is 5.88 Å². The first-order chi connectivity index (χ1) is 11.3. The Labute approximate surface area is 145 Å². The molecule has 1 aromatic rings. The van der Waals surface area contributed by atoms with E-state index >= 15 is 0 Å². The maximum atomic E-state index is 12.0. The molecule has 0 saturated carbocycles. The van der Waals surface area contributed by atoms with Gasteiger partial charge in [0.1, 0.15) is 5.60 Å². The number of aromatic nitrogens is 1. The lowest BCUT2D eigenvalue weighted by atomic mass is 9.92. The number of carbonyl (C=O) groups excluding carboxylic acids is 1. The summed E-state index contributed by atoms with van der Waals surface area (Å²) in [6, 6.07) is 3.92. The van der Waals surface area contributed by atoms with Crippen molar-refractivity contribution >= 4 is 6.09 Å². The molecule has 0 unspecified atom stereocenters. The summed E-state index contributed by atoms with van der Waals surface area (Å²) < 4.78 is 11.1. The molecule has 1 aromatic heterocycles. The molecule has 0 atom stereocenters. The third-order valence-corrected chi connectivity index (χ3v) is 4.16. The minimum Gasteiger partial charge on any atom is -0.478 e. The van der Waals surface area contributed by atoms with Crippen molar-refractivity contribution in [2.75, 3.05) is 19.7 Å². The summed E-state index contributed by atoms with van der Waals surface area (Å²) in [5.41, 5.74) is 0.740. The molecule has 0 N–H and O–H groups in total. The van der Waals surface area contributed by atoms with E-state index in [2.05, 4.69) is 4.98 Å². The van der Waals surface area contributed by atoms with E-state index in [4.69, 9.17) is 9.47 Å². The summed E-state index contributed by atoms with van der Waals surface area (Å²) in [6.45, 7) is 10.0. The number of ether oxygens (including phenoxy) is 2. The number of hydrogen-bond acceptors (Lipinski definition) is 4. The maximum absolute atomic E-state index is 12.0. The zero-order valence-electron chi connectivity index (χ0n) is 15.4. The van der Waals surface area contributed by atoms with E-state index in [0.29, 0.717) is 18.4 Å². The van der Waals surface area contributed by atoms with Crippen molar-refractivity contribution in [1.29, 1.82) is 0 Å². The van der Waals surface area contributed by atoms with E-state index in [1.54, 1.807) is 6.20 Å². The summed E-state index contributed by atoms with van der Waals surface area (Å²) in [7, 11) is 0. The van der Waals surface area contributed by atoms with Crippen molar-refractivity contribution in [2.24, 2.45) is 5.92 Å². The normalized spacial score (nSPS) is 16.1. The molecule has 1 aliphatic heterocycles. The third kappa shape index (κ3) is 6.38. The number of hydrogen-bond donors (Lipinski definition) is 0. The fraction of sp³-hybridized carbons (Fsp3) is 0.684. The van der Waals surface area contributed by atoms with Crippen LogP contribution in [0.2, 0.25) is 0 Å². The van der Waals surface area contributed by atoms with E-state index in [9.17, 15) is 4.79 Å². The molecule has 0 spiro atoms. The molecule has 2 rings (SSSR count). The monoisotopic (exact) mass is 334 g/mol. The van der Waals surface area contributed by atoms with Crippen molar-refractivity contribution in [3.8, 4) is 5.88 Å². The summed E-state index contributed by atoms with van der Waals surface area (Å²) in [6.07, 6.45) is 5.83. The molecule has 0 aliphatic carbocycles. The first kappa shape index (κ1) is 18.6. The lowest BCUT2D eigenvalue weighted by Gasteiger charge is -2.33. The number of piperidine rings is 1. The second kappa shape index (κ2) is 8.36. The van der Waals surface area contributed by atoms with Gasteiger partial charge in [0.2, 0.25) is 5.88 Å². The highest BCUT2D eigenvalue weighted by atomic mass is 16.6. The average Bonchev–Trinajstić information content (AvgIpc) is 2.50. The molecule has 24 heavy (non-hydrogen) atoms. The molecule has 134 valence electrons. The molecule has 0 aromatic carbocycles. The molecule has 1 amide bonds. The van der Waals surface area contributed by atoms with Crippen molar-refractivity contribution in [1.82, 2.24) is 9.88 Å². The number of carbonyl (C=O) groups is 1. The van der Waals surface area contributed by atoms with Crippen LogP contribution in [0.1, 0.15) is 52.0 Å². The Morgan fingerprint density at radius 2 is 2.04 bits per heavy atom. The zero-order chi connectivity index (χ0) is 17.6. The number of aryl methyl sites for hydroxylation is 1. The van der Waals surface area contributed by atoms with Crippen molar-refractivity contribution < 1.29 is 14.3 Å². The highest BCUT2D eigenvalue weighted by Crippen LogP contribution is 2.23. The van der Waals surface area contributed by atoms with Gasteiger partial charge in [-0.2, -0.15) is 0 Å². The minimum atomic E-state index is -0.422. The lowest BCUT2D eigenvalue weighted by Crippen LogP contribution is -2.41. The SMILES string of the molecule is Cc1ccnc(OCCCC2CCN(C(=O)OC(C)(C)C)CC2)c1. The first-order valence-corrected chi connectivity index (χ1v) is 8.87. The van der Waals surface area contributed by atoms with Gasteiger partial charge in [0.15, 0.2) is 0 Å². The van der Waals surface area contributed by atoms with Crippen LogP contribution in [0.15, 0.2) is 18.3 Å². The van der Waals surface area contributed by atoms with Gasteiger partial charge < -0.3 is 14.4 Å². The molecular weight excluding hydrogens is 304 g/mol. The first-order valence-electron chi connectivity index (χ1n) is 8.87. The molecule has 1 saturated heterocycles. The fourth-order valence-electron chi connectivity index (χ4n) is 2.87. The van der Waals surface area contributed by atoms with Gasteiger partial charge >= 0.3 is 6.09 Å². The predicted octanol–water partition coefficient (Wildman–Crippen LogP) is 4.20. The number of likely N-dealkylation sites (tertiary alicyclic amines) is 1. The molecule has 5 heteroatoms. The fourth-order valence-corrected chi connectivity index (χ4v) is 2.87. The lowest BCUT2D eigenvalue weighted by molar-refractivity contribution is 0.0179. The van der Waals surface area contributed by atoms with Gasteiger partial charge in [-0.05, 0) is 70.9 Å². The summed E-state index contributed by atoms with van der Waals surface area (Å²) >= 11 is 0. The summed E-state index contributed by atoms with van der Waals surface area (Å²) in [5.74, 6) is 1.37. The van der Waals surface area contributed by atoms with Gasteiger partial charge in [0.05, 0.1) is 6.61 Å². The zero-order valence-corrected chi connectivity index (χ0v) is 15.4. The third-order valence-electron chi connectivity index (χ3n) is 4.16. The minimum absolute atomic E-state index is 0.185. The van der Waals surface area contributed by atoms with Crippen LogP contribution in [0.3, 0.4) is 0 Å². The highest BCUT2D eigenvalue weighted by molar-refractivity contribution is 5.68. The Kier molecular flexibility index (Phi) is 6.46. The number of rotatable bonds is 5. The van der Waals surface area contributed by atoms with Gasteiger partial charge in [-0.3, -0.25) is 0 Å². The van der Waals surface area contributed by atoms with Crippen molar-refractivity contribution in [3.63, 3.8) is 0 Å². The topological polar surface area (TPSA) is 51.7 Å². The Hall–Kier alpha value is -1.78. The van der Waals surface area contributed by atoms with E-state index < -0.39 is 5.60 Å². The second-order valence-corrected chi connectivity index (χ2v) is 7.57. The van der Waals surface area contributed by atoms with Crippen LogP contribution in [0.25, 0.3) is 0 Å². The molecule has 2 heterocycles. The van der Waals surface area contributed by atoms with Crippen LogP contribution in [-0.4, -0.2) is 41.3 Å². The van der Waals surface area contributed by atoms with E-state index in [1.807, 2.05) is 44.7 Å². The second-order valence-electron chi connectivity index (χ2n) is 7.57. The molecule has 0 radical (unpaired) electrons. The van der Waals surface area contributed by atoms with Crippen LogP contribution in [0.4, 0.5) is 4.79 Å². The Balaban J connectivity index is 1.62. The molecule has 1 fully saturated rings. The largest absolute Gasteiger partial charge is 0.478 e. The van der Waals surface area contributed by atoms with Crippen molar-refractivity contribution in [2.45, 2.75) is 59.0 Å². The van der Waals surface area contributed by atoms with Gasteiger partial charge in [-0.25, -0.2) is 9.78 Å². The Morgan fingerprint density at radius 3 is 2.67 bits per heavy atom. The van der Waals surface area contributed by atoms with Gasteiger partial charge in [-0.15, -0.1) is 0 Å². The standard InChI is InChI=1S/C19H30N2O3/c1-15-7-10-20-17(14-15)23-13-5-6-16-8-11-21(12-9-16)18(22)24-19(2,3)4/h7,10,14,16H,5-6,8-9,11-13H2,1-4H3. The number of amides is 1. The quantitative estimate of drug-likeness (QED) is 0.757. The van der Waals surface area contributed by atoms with Crippen LogP contribution in [-0.2, 0) is 4.74 Å². The summed E-state index contributed by atoms with van der Waals surface area (Å²) in [5, 5.41) is 0. The Bertz CT molecular complexity index is 532. The van der Waals surface area contributed by atoms with Gasteiger partial charge in [0, 0.05) is 25.4 Å². The van der Waals surface area contributed by atoms with Gasteiger partial charge in [0.25, 0.3) is 0 Å².